The van der Waals surface area contributed by atoms with Gasteiger partial charge in [-0.25, -0.2) is 0 Å². The van der Waals surface area contributed by atoms with E-state index in [1.165, 1.54) is 0 Å². The van der Waals surface area contributed by atoms with Crippen molar-refractivity contribution in [1.29, 1.82) is 0 Å². The minimum atomic E-state index is -4.27. The van der Waals surface area contributed by atoms with Crippen LogP contribution in [-0.4, -0.2) is 39.5 Å². The smallest absolute Gasteiger partial charge is 0.268 e. The molecule has 0 aliphatic carbocycles. The maximum Gasteiger partial charge on any atom is 0.268 e. The van der Waals surface area contributed by atoms with Gasteiger partial charge in [0, 0.05) is 0 Å². The molecule has 8 heteroatoms. The summed E-state index contributed by atoms with van der Waals surface area (Å²) in [5.74, 6) is -1.39. The normalized spacial score (nSPS) is 14.6. The third kappa shape index (κ3) is 9.81. The Morgan fingerprint density at radius 1 is 1.11 bits per heavy atom. The highest BCUT2D eigenvalue weighted by Gasteiger charge is 2.18. The highest BCUT2D eigenvalue weighted by atomic mass is 32.2. The van der Waals surface area contributed by atoms with Crippen LogP contribution >= 0.6 is 0 Å². The van der Waals surface area contributed by atoms with E-state index >= 15 is 0 Å². The molecule has 0 rings (SSSR count). The highest BCUT2D eigenvalue weighted by molar-refractivity contribution is 7.90. The van der Waals surface area contributed by atoms with Crippen molar-refractivity contribution in [3.63, 3.8) is 0 Å². The van der Waals surface area contributed by atoms with Crippen LogP contribution in [0, 0.1) is 5.92 Å². The molecule has 1 atom stereocenters. The Hall–Kier alpha value is -0.180. The Morgan fingerprint density at radius 2 is 1.72 bits per heavy atom. The topological polar surface area (TPSA) is 97.7 Å². The van der Waals surface area contributed by atoms with E-state index in [-0.39, 0.29) is 12.5 Å². The van der Waals surface area contributed by atoms with Crippen molar-refractivity contribution in [2.75, 3.05) is 18.1 Å². The second-order valence-electron chi connectivity index (χ2n) is 4.25. The fourth-order valence-electron chi connectivity index (χ4n) is 1.36. The van der Waals surface area contributed by atoms with Crippen molar-refractivity contribution >= 4 is 20.2 Å². The van der Waals surface area contributed by atoms with Crippen molar-refractivity contribution in [3.8, 4) is 0 Å². The van der Waals surface area contributed by atoms with Gasteiger partial charge in [0.15, 0.2) is 0 Å². The lowest BCUT2D eigenvalue weighted by Gasteiger charge is -2.14. The summed E-state index contributed by atoms with van der Waals surface area (Å²) in [6.45, 7) is 4.08. The molecule has 0 aromatic carbocycles. The SMILES string of the molecule is CCCCC(CC)COS(=O)(=O)CCS(=O)(=O)O. The van der Waals surface area contributed by atoms with Crippen molar-refractivity contribution < 1.29 is 25.6 Å². The highest BCUT2D eigenvalue weighted by Crippen LogP contribution is 2.14. The van der Waals surface area contributed by atoms with Crippen molar-refractivity contribution in [2.45, 2.75) is 39.5 Å². The van der Waals surface area contributed by atoms with E-state index in [9.17, 15) is 16.8 Å². The summed E-state index contributed by atoms with van der Waals surface area (Å²) in [6, 6.07) is 0. The molecule has 0 radical (unpaired) electrons. The molecular formula is C10H22O6S2. The summed E-state index contributed by atoms with van der Waals surface area (Å²) in [5.41, 5.74) is 0. The molecule has 0 saturated carbocycles. The minimum absolute atomic E-state index is 0.0737. The third-order valence-corrected chi connectivity index (χ3v) is 4.80. The molecule has 0 saturated heterocycles. The summed E-state index contributed by atoms with van der Waals surface area (Å²) in [4.78, 5) is 0. The average Bonchev–Trinajstić information content (AvgIpc) is 2.26. The van der Waals surface area contributed by atoms with Crippen LogP contribution < -0.4 is 0 Å². The van der Waals surface area contributed by atoms with Crippen LogP contribution in [0.1, 0.15) is 39.5 Å². The molecule has 0 aliphatic rings. The first-order valence-electron chi connectivity index (χ1n) is 6.02. The van der Waals surface area contributed by atoms with Gasteiger partial charge in [-0.2, -0.15) is 16.8 Å². The molecule has 0 aliphatic heterocycles. The molecule has 0 heterocycles. The second kappa shape index (κ2) is 8.08. The van der Waals surface area contributed by atoms with Gasteiger partial charge in [0.2, 0.25) is 0 Å². The van der Waals surface area contributed by atoms with Gasteiger partial charge >= 0.3 is 0 Å². The Bertz CT molecular complexity index is 412. The molecule has 110 valence electrons. The maximum absolute atomic E-state index is 11.4. The predicted molar refractivity (Wildman–Crippen MR) is 69.5 cm³/mol. The van der Waals surface area contributed by atoms with Crippen LogP contribution in [-0.2, 0) is 24.4 Å². The molecule has 6 nitrogen and oxygen atoms in total. The van der Waals surface area contributed by atoms with Gasteiger partial charge in [0.25, 0.3) is 20.2 Å². The van der Waals surface area contributed by atoms with E-state index in [1.807, 2.05) is 6.92 Å². The van der Waals surface area contributed by atoms with Crippen molar-refractivity contribution in [3.05, 3.63) is 0 Å². The summed E-state index contributed by atoms with van der Waals surface area (Å²) >= 11 is 0. The summed E-state index contributed by atoms with van der Waals surface area (Å²) in [7, 11) is -8.16. The summed E-state index contributed by atoms with van der Waals surface area (Å²) < 4.78 is 56.9. The molecular weight excluding hydrogens is 280 g/mol. The molecule has 18 heavy (non-hydrogen) atoms. The van der Waals surface area contributed by atoms with E-state index < -0.39 is 31.7 Å². The zero-order valence-corrected chi connectivity index (χ0v) is 12.5. The van der Waals surface area contributed by atoms with Crippen LogP contribution in [0.5, 0.6) is 0 Å². The van der Waals surface area contributed by atoms with E-state index in [0.717, 1.165) is 25.7 Å². The summed E-state index contributed by atoms with van der Waals surface area (Å²) in [5, 5.41) is 0. The van der Waals surface area contributed by atoms with Crippen molar-refractivity contribution in [2.24, 2.45) is 5.92 Å². The number of unbranched alkanes of at least 4 members (excludes halogenated alkanes) is 1. The van der Waals surface area contributed by atoms with Crippen LogP contribution in [0.2, 0.25) is 0 Å². The molecule has 1 N–H and O–H groups in total. The van der Waals surface area contributed by atoms with Gasteiger partial charge in [-0.3, -0.25) is 8.74 Å². The number of rotatable bonds is 10. The first kappa shape index (κ1) is 17.8. The summed E-state index contributed by atoms with van der Waals surface area (Å²) in [6.07, 6.45) is 3.74. The van der Waals surface area contributed by atoms with Gasteiger partial charge in [-0.15, -0.1) is 0 Å². The lowest BCUT2D eigenvalue weighted by atomic mass is 10.0. The van der Waals surface area contributed by atoms with Crippen LogP contribution in [0.15, 0.2) is 0 Å². The lowest BCUT2D eigenvalue weighted by Crippen LogP contribution is -2.21. The largest absolute Gasteiger partial charge is 0.286 e. The quantitative estimate of drug-likeness (QED) is 0.484. The molecule has 1 unspecified atom stereocenters. The molecule has 0 amide bonds. The Balaban J connectivity index is 4.16. The van der Waals surface area contributed by atoms with E-state index in [2.05, 4.69) is 6.92 Å². The Kier molecular flexibility index (Phi) is 8.00. The Morgan fingerprint density at radius 3 is 2.17 bits per heavy atom. The van der Waals surface area contributed by atoms with Crippen molar-refractivity contribution in [1.82, 2.24) is 0 Å². The van der Waals surface area contributed by atoms with Gasteiger partial charge in [0.05, 0.1) is 18.1 Å². The maximum atomic E-state index is 11.4. The molecule has 0 aromatic heterocycles. The fraction of sp³-hybridized carbons (Fsp3) is 1.00. The zero-order chi connectivity index (χ0) is 14.2. The second-order valence-corrected chi connectivity index (χ2v) is 7.58. The van der Waals surface area contributed by atoms with Crippen LogP contribution in [0.3, 0.4) is 0 Å². The van der Waals surface area contributed by atoms with Gasteiger partial charge < -0.3 is 0 Å². The standard InChI is InChI=1S/C10H22O6S2/c1-3-5-6-10(4-2)9-16-18(14,15)8-7-17(11,12)13/h10H,3-9H2,1-2H3,(H,11,12,13). The fourth-order valence-corrected chi connectivity index (χ4v) is 3.54. The average molecular weight is 302 g/mol. The first-order valence-corrected chi connectivity index (χ1v) is 9.21. The van der Waals surface area contributed by atoms with E-state index in [1.54, 1.807) is 0 Å². The number of hydrogen-bond donors (Lipinski definition) is 1. The number of hydrogen-bond acceptors (Lipinski definition) is 5. The molecule has 0 fully saturated rings. The third-order valence-electron chi connectivity index (χ3n) is 2.62. The van der Waals surface area contributed by atoms with Gasteiger partial charge in [0.1, 0.15) is 0 Å². The lowest BCUT2D eigenvalue weighted by molar-refractivity contribution is 0.239. The van der Waals surface area contributed by atoms with Gasteiger partial charge in [-0.1, -0.05) is 33.1 Å². The predicted octanol–water partition coefficient (Wildman–Crippen LogP) is 1.44. The van der Waals surface area contributed by atoms with E-state index in [0.29, 0.717) is 0 Å². The Labute approximate surface area is 110 Å². The van der Waals surface area contributed by atoms with Crippen LogP contribution in [0.4, 0.5) is 0 Å². The monoisotopic (exact) mass is 302 g/mol. The molecule has 0 aromatic rings. The zero-order valence-electron chi connectivity index (χ0n) is 10.8. The molecule has 0 spiro atoms. The van der Waals surface area contributed by atoms with E-state index in [4.69, 9.17) is 8.74 Å². The van der Waals surface area contributed by atoms with Gasteiger partial charge in [-0.05, 0) is 12.3 Å². The molecule has 0 bridgehead atoms. The first-order chi connectivity index (χ1) is 8.20. The van der Waals surface area contributed by atoms with Crippen LogP contribution in [0.25, 0.3) is 0 Å². The minimum Gasteiger partial charge on any atom is -0.286 e.